The SMILES string of the molecule is CCCCCCCCCCCC(CC(CCC)N(C)C)[Si](OC)(OC)OC. The van der Waals surface area contributed by atoms with Gasteiger partial charge in [0, 0.05) is 32.9 Å². The van der Waals surface area contributed by atoms with E-state index in [0.717, 1.165) is 12.8 Å². The predicted molar refractivity (Wildman–Crippen MR) is 119 cm³/mol. The van der Waals surface area contributed by atoms with Gasteiger partial charge in [0.05, 0.1) is 0 Å². The first kappa shape index (κ1) is 27.1. The van der Waals surface area contributed by atoms with Crippen LogP contribution in [0.25, 0.3) is 0 Å². The summed E-state index contributed by atoms with van der Waals surface area (Å²) in [5.41, 5.74) is 0.376. The molecule has 5 heteroatoms. The van der Waals surface area contributed by atoms with Gasteiger partial charge in [0.15, 0.2) is 0 Å². The number of hydrogen-bond donors (Lipinski definition) is 0. The predicted octanol–water partition coefficient (Wildman–Crippen LogP) is 6.28. The maximum atomic E-state index is 5.87. The molecule has 0 aromatic carbocycles. The zero-order chi connectivity index (χ0) is 20.5. The zero-order valence-corrected chi connectivity index (χ0v) is 20.5. The second-order valence-corrected chi connectivity index (χ2v) is 11.4. The van der Waals surface area contributed by atoms with Crippen molar-refractivity contribution < 1.29 is 13.3 Å². The van der Waals surface area contributed by atoms with Crippen LogP contribution >= 0.6 is 0 Å². The highest BCUT2D eigenvalue weighted by molar-refractivity contribution is 6.62. The molecule has 0 aliphatic rings. The molecule has 4 nitrogen and oxygen atoms in total. The highest BCUT2D eigenvalue weighted by Gasteiger charge is 2.47. The van der Waals surface area contributed by atoms with Crippen molar-refractivity contribution in [2.75, 3.05) is 35.4 Å². The quantitative estimate of drug-likeness (QED) is 0.188. The molecule has 27 heavy (non-hydrogen) atoms. The molecule has 0 fully saturated rings. The van der Waals surface area contributed by atoms with E-state index in [1.54, 1.807) is 21.3 Å². The fraction of sp³-hybridized carbons (Fsp3) is 1.00. The second kappa shape index (κ2) is 17.0. The molecule has 164 valence electrons. The van der Waals surface area contributed by atoms with Gasteiger partial charge >= 0.3 is 8.80 Å². The largest absolute Gasteiger partial charge is 0.503 e. The average molecular weight is 404 g/mol. The van der Waals surface area contributed by atoms with Crippen LogP contribution in [0.4, 0.5) is 0 Å². The lowest BCUT2D eigenvalue weighted by Gasteiger charge is -2.36. The molecule has 0 saturated heterocycles. The maximum Gasteiger partial charge on any atom is 0.503 e. The van der Waals surface area contributed by atoms with Gasteiger partial charge in [-0.25, -0.2) is 0 Å². The Bertz CT molecular complexity index is 316. The Morgan fingerprint density at radius 2 is 1.15 bits per heavy atom. The molecule has 2 unspecified atom stereocenters. The van der Waals surface area contributed by atoms with E-state index < -0.39 is 8.80 Å². The van der Waals surface area contributed by atoms with Crippen LogP contribution in [-0.2, 0) is 13.3 Å². The number of nitrogens with zero attached hydrogens (tertiary/aromatic N) is 1. The summed E-state index contributed by atoms with van der Waals surface area (Å²) in [6.45, 7) is 4.54. The van der Waals surface area contributed by atoms with Crippen LogP contribution in [0.1, 0.15) is 97.3 Å². The van der Waals surface area contributed by atoms with E-state index in [-0.39, 0.29) is 0 Å². The van der Waals surface area contributed by atoms with Crippen LogP contribution in [-0.4, -0.2) is 55.2 Å². The Morgan fingerprint density at radius 1 is 0.667 bits per heavy atom. The molecule has 0 saturated carbocycles. The zero-order valence-electron chi connectivity index (χ0n) is 19.5. The van der Waals surface area contributed by atoms with Crippen molar-refractivity contribution >= 4 is 8.80 Å². The lowest BCUT2D eigenvalue weighted by atomic mass is 10.0. The van der Waals surface area contributed by atoms with Gasteiger partial charge in [0.2, 0.25) is 0 Å². The summed E-state index contributed by atoms with van der Waals surface area (Å²) in [7, 11) is 7.04. The second-order valence-electron chi connectivity index (χ2n) is 8.17. The van der Waals surface area contributed by atoms with Crippen LogP contribution in [0.15, 0.2) is 0 Å². The van der Waals surface area contributed by atoms with E-state index >= 15 is 0 Å². The van der Waals surface area contributed by atoms with Crippen molar-refractivity contribution in [3.8, 4) is 0 Å². The fourth-order valence-corrected chi connectivity index (χ4v) is 6.76. The molecule has 0 spiro atoms. The number of unbranched alkanes of at least 4 members (excludes halogenated alkanes) is 8. The van der Waals surface area contributed by atoms with Gasteiger partial charge in [-0.1, -0.05) is 78.1 Å². The van der Waals surface area contributed by atoms with Gasteiger partial charge in [-0.3, -0.25) is 0 Å². The van der Waals surface area contributed by atoms with Gasteiger partial charge in [0.1, 0.15) is 0 Å². The Hall–Kier alpha value is 0.0569. The van der Waals surface area contributed by atoms with Crippen molar-refractivity contribution in [1.82, 2.24) is 4.90 Å². The molecular formula is C22H49NO3Si. The van der Waals surface area contributed by atoms with Gasteiger partial charge in [0.25, 0.3) is 0 Å². The van der Waals surface area contributed by atoms with E-state index in [1.807, 2.05) is 0 Å². The topological polar surface area (TPSA) is 30.9 Å². The molecule has 0 radical (unpaired) electrons. The van der Waals surface area contributed by atoms with Crippen LogP contribution in [0, 0.1) is 0 Å². The molecule has 0 aliphatic carbocycles. The molecule has 0 amide bonds. The minimum Gasteiger partial charge on any atom is -0.377 e. The van der Waals surface area contributed by atoms with Gasteiger partial charge in [-0.15, -0.1) is 0 Å². The smallest absolute Gasteiger partial charge is 0.377 e. The van der Waals surface area contributed by atoms with Crippen molar-refractivity contribution in [3.63, 3.8) is 0 Å². The molecule has 0 N–H and O–H groups in total. The van der Waals surface area contributed by atoms with Crippen molar-refractivity contribution in [1.29, 1.82) is 0 Å². The number of rotatable bonds is 19. The summed E-state index contributed by atoms with van der Waals surface area (Å²) >= 11 is 0. The van der Waals surface area contributed by atoms with Gasteiger partial charge < -0.3 is 18.2 Å². The summed E-state index contributed by atoms with van der Waals surface area (Å²) in [6, 6.07) is 0.561. The molecule has 0 bridgehead atoms. The van der Waals surface area contributed by atoms with Crippen molar-refractivity contribution in [2.24, 2.45) is 0 Å². The van der Waals surface area contributed by atoms with Gasteiger partial charge in [-0.05, 0) is 33.4 Å². The minimum atomic E-state index is -2.60. The normalized spacial score (nSPS) is 14.7. The first-order valence-corrected chi connectivity index (χ1v) is 13.1. The van der Waals surface area contributed by atoms with Crippen LogP contribution in [0.5, 0.6) is 0 Å². The Morgan fingerprint density at radius 3 is 1.56 bits per heavy atom. The Kier molecular flexibility index (Phi) is 17.0. The molecule has 0 aliphatic heterocycles. The summed E-state index contributed by atoms with van der Waals surface area (Å²) in [4.78, 5) is 2.35. The van der Waals surface area contributed by atoms with E-state index in [1.165, 1.54) is 70.6 Å². The molecule has 0 heterocycles. The third kappa shape index (κ3) is 11.0. The first-order valence-electron chi connectivity index (χ1n) is 11.3. The Labute approximate surface area is 171 Å². The monoisotopic (exact) mass is 403 g/mol. The van der Waals surface area contributed by atoms with Crippen molar-refractivity contribution in [2.45, 2.75) is 109 Å². The van der Waals surface area contributed by atoms with Crippen LogP contribution in [0.3, 0.4) is 0 Å². The fourth-order valence-electron chi connectivity index (χ4n) is 4.14. The average Bonchev–Trinajstić information content (AvgIpc) is 2.67. The molecule has 0 aromatic rings. The molecular weight excluding hydrogens is 354 g/mol. The van der Waals surface area contributed by atoms with Gasteiger partial charge in [-0.2, -0.15) is 0 Å². The lowest BCUT2D eigenvalue weighted by molar-refractivity contribution is 0.101. The van der Waals surface area contributed by atoms with E-state index in [2.05, 4.69) is 32.8 Å². The third-order valence-electron chi connectivity index (χ3n) is 5.92. The minimum absolute atomic E-state index is 0.376. The molecule has 0 rings (SSSR count). The van der Waals surface area contributed by atoms with E-state index in [4.69, 9.17) is 13.3 Å². The Balaban J connectivity index is 4.55. The van der Waals surface area contributed by atoms with E-state index in [9.17, 15) is 0 Å². The lowest BCUT2D eigenvalue weighted by Crippen LogP contribution is -2.49. The van der Waals surface area contributed by atoms with Crippen LogP contribution in [0.2, 0.25) is 5.54 Å². The van der Waals surface area contributed by atoms with Crippen molar-refractivity contribution in [3.05, 3.63) is 0 Å². The maximum absolute atomic E-state index is 5.87. The third-order valence-corrected chi connectivity index (χ3v) is 9.15. The summed E-state index contributed by atoms with van der Waals surface area (Å²) < 4.78 is 17.6. The standard InChI is InChI=1S/C22H49NO3Si/c1-8-10-11-12-13-14-15-16-17-19-22(27(24-5,25-6)26-7)20-21(18-9-2)23(3)4/h21-22H,8-20H2,1-7H3. The highest BCUT2D eigenvalue weighted by Crippen LogP contribution is 2.35. The highest BCUT2D eigenvalue weighted by atomic mass is 28.4. The molecule has 0 aromatic heterocycles. The summed E-state index contributed by atoms with van der Waals surface area (Å²) in [6.07, 6.45) is 16.9. The number of hydrogen-bond acceptors (Lipinski definition) is 4. The first-order chi connectivity index (χ1) is 13.0. The van der Waals surface area contributed by atoms with E-state index in [0.29, 0.717) is 11.6 Å². The molecule has 2 atom stereocenters. The summed E-state index contributed by atoms with van der Waals surface area (Å²) in [5.74, 6) is 0. The van der Waals surface area contributed by atoms with Crippen LogP contribution < -0.4 is 0 Å². The summed E-state index contributed by atoms with van der Waals surface area (Å²) in [5, 5.41) is 0.